The van der Waals surface area contributed by atoms with Crippen LogP contribution in [0.25, 0.3) is 21.9 Å². The number of hydrogen-bond donors (Lipinski definition) is 0. The summed E-state index contributed by atoms with van der Waals surface area (Å²) in [5, 5.41) is 2.15. The average molecular weight is 426 g/mol. The predicted molar refractivity (Wildman–Crippen MR) is 121 cm³/mol. The van der Waals surface area contributed by atoms with Gasteiger partial charge in [-0.25, -0.2) is 0 Å². The average Bonchev–Trinajstić information content (AvgIpc) is 3.51. The highest BCUT2D eigenvalue weighted by molar-refractivity contribution is 6.05. The van der Waals surface area contributed by atoms with Gasteiger partial charge in [0.25, 0.3) is 0 Å². The third-order valence-corrected chi connectivity index (χ3v) is 6.03. The molecular formula is C27H22O5. The molecule has 0 unspecified atom stereocenters. The van der Waals surface area contributed by atoms with Crippen LogP contribution in [0.4, 0.5) is 0 Å². The second kappa shape index (κ2) is 7.77. The van der Waals surface area contributed by atoms with E-state index < -0.39 is 0 Å². The topological polar surface area (TPSA) is 46.2 Å². The molecule has 0 saturated heterocycles. The summed E-state index contributed by atoms with van der Waals surface area (Å²) in [5.41, 5.74) is 5.62. The Morgan fingerprint density at radius 3 is 2.66 bits per heavy atom. The third-order valence-electron chi connectivity index (χ3n) is 6.03. The molecule has 2 heterocycles. The maximum absolute atomic E-state index is 6.19. The van der Waals surface area contributed by atoms with Crippen LogP contribution in [-0.2, 0) is 24.6 Å². The molecular weight excluding hydrogens is 404 g/mol. The number of methoxy groups -OCH3 is 1. The summed E-state index contributed by atoms with van der Waals surface area (Å²) in [6.07, 6.45) is 0. The minimum absolute atomic E-state index is 0.232. The summed E-state index contributed by atoms with van der Waals surface area (Å²) < 4.78 is 29.2. The van der Waals surface area contributed by atoms with Crippen LogP contribution in [0.15, 0.2) is 66.7 Å². The highest BCUT2D eigenvalue weighted by Crippen LogP contribution is 2.48. The van der Waals surface area contributed by atoms with Crippen molar-refractivity contribution in [3.8, 4) is 34.1 Å². The number of ether oxygens (including phenoxy) is 5. The van der Waals surface area contributed by atoms with Gasteiger partial charge in [-0.15, -0.1) is 0 Å². The second-order valence-electron chi connectivity index (χ2n) is 7.92. The van der Waals surface area contributed by atoms with Crippen molar-refractivity contribution in [3.05, 3.63) is 83.4 Å². The van der Waals surface area contributed by atoms with Gasteiger partial charge in [-0.05, 0) is 57.5 Å². The summed E-state index contributed by atoms with van der Waals surface area (Å²) in [4.78, 5) is 0. The number of hydrogen-bond acceptors (Lipinski definition) is 5. The number of rotatable bonds is 5. The van der Waals surface area contributed by atoms with Gasteiger partial charge in [0.1, 0.15) is 6.61 Å². The molecule has 5 nitrogen and oxygen atoms in total. The highest BCUT2D eigenvalue weighted by atomic mass is 16.7. The van der Waals surface area contributed by atoms with Gasteiger partial charge in [0.2, 0.25) is 6.79 Å². The molecule has 0 aliphatic carbocycles. The first kappa shape index (κ1) is 19.0. The van der Waals surface area contributed by atoms with Crippen LogP contribution in [0, 0.1) is 0 Å². The maximum atomic E-state index is 6.19. The third kappa shape index (κ3) is 3.13. The summed E-state index contributed by atoms with van der Waals surface area (Å²) in [6.45, 7) is 1.87. The Kier molecular flexibility index (Phi) is 4.62. The molecule has 5 heteroatoms. The molecule has 0 saturated carbocycles. The van der Waals surface area contributed by atoms with Crippen molar-refractivity contribution >= 4 is 10.8 Å². The van der Waals surface area contributed by atoms with E-state index in [0.29, 0.717) is 31.3 Å². The Hall–Kier alpha value is -3.70. The summed E-state index contributed by atoms with van der Waals surface area (Å²) in [5.74, 6) is 2.95. The lowest BCUT2D eigenvalue weighted by Gasteiger charge is -2.17. The Morgan fingerprint density at radius 2 is 1.78 bits per heavy atom. The van der Waals surface area contributed by atoms with Gasteiger partial charge in [0.15, 0.2) is 23.0 Å². The smallest absolute Gasteiger partial charge is 0.231 e. The molecule has 0 spiro atoms. The van der Waals surface area contributed by atoms with Crippen molar-refractivity contribution < 1.29 is 23.7 Å². The molecule has 0 N–H and O–H groups in total. The lowest BCUT2D eigenvalue weighted by atomic mass is 9.90. The van der Waals surface area contributed by atoms with Gasteiger partial charge >= 0.3 is 0 Å². The second-order valence-corrected chi connectivity index (χ2v) is 7.92. The molecule has 0 amide bonds. The molecule has 0 fully saturated rings. The van der Waals surface area contributed by atoms with Gasteiger partial charge < -0.3 is 23.7 Å². The van der Waals surface area contributed by atoms with Crippen LogP contribution in [0.5, 0.6) is 23.0 Å². The summed E-state index contributed by atoms with van der Waals surface area (Å²) in [6, 6.07) is 22.4. The first-order valence-corrected chi connectivity index (χ1v) is 10.6. The Labute approximate surface area is 186 Å². The van der Waals surface area contributed by atoms with E-state index in [9.17, 15) is 0 Å². The fourth-order valence-electron chi connectivity index (χ4n) is 4.51. The zero-order chi connectivity index (χ0) is 21.5. The van der Waals surface area contributed by atoms with E-state index in [1.54, 1.807) is 7.11 Å². The molecule has 32 heavy (non-hydrogen) atoms. The SMILES string of the molecule is COc1ccc(-c2c3c(cc4ccc5c(c24)OCO5)COC3)cc1OCc1ccccc1. The van der Waals surface area contributed by atoms with E-state index >= 15 is 0 Å². The van der Waals surface area contributed by atoms with Gasteiger partial charge in [0.05, 0.1) is 20.3 Å². The Balaban J connectivity index is 1.51. The lowest BCUT2D eigenvalue weighted by molar-refractivity contribution is 0.134. The minimum atomic E-state index is 0.232. The van der Waals surface area contributed by atoms with E-state index in [1.807, 2.05) is 48.5 Å². The maximum Gasteiger partial charge on any atom is 0.231 e. The molecule has 4 aromatic rings. The lowest BCUT2D eigenvalue weighted by Crippen LogP contribution is -1.99. The van der Waals surface area contributed by atoms with Crippen LogP contribution in [0.3, 0.4) is 0 Å². The van der Waals surface area contributed by atoms with Crippen molar-refractivity contribution in [2.24, 2.45) is 0 Å². The molecule has 0 radical (unpaired) electrons. The molecule has 0 atom stereocenters. The minimum Gasteiger partial charge on any atom is -0.493 e. The fraction of sp³-hybridized carbons (Fsp3) is 0.185. The van der Waals surface area contributed by atoms with Crippen LogP contribution < -0.4 is 18.9 Å². The molecule has 0 aromatic heterocycles. The van der Waals surface area contributed by atoms with E-state index in [2.05, 4.69) is 18.2 Å². The quantitative estimate of drug-likeness (QED) is 0.400. The van der Waals surface area contributed by atoms with E-state index in [0.717, 1.165) is 39.0 Å². The highest BCUT2D eigenvalue weighted by Gasteiger charge is 2.26. The fourth-order valence-corrected chi connectivity index (χ4v) is 4.51. The first-order valence-electron chi connectivity index (χ1n) is 10.6. The van der Waals surface area contributed by atoms with Crippen LogP contribution >= 0.6 is 0 Å². The zero-order valence-corrected chi connectivity index (χ0v) is 17.7. The van der Waals surface area contributed by atoms with Gasteiger partial charge in [-0.1, -0.05) is 42.5 Å². The normalized spacial score (nSPS) is 13.9. The van der Waals surface area contributed by atoms with Gasteiger partial charge in [0, 0.05) is 5.39 Å². The monoisotopic (exact) mass is 426 g/mol. The summed E-state index contributed by atoms with van der Waals surface area (Å²) >= 11 is 0. The van der Waals surface area contributed by atoms with Crippen LogP contribution in [0.2, 0.25) is 0 Å². The molecule has 160 valence electrons. The van der Waals surface area contributed by atoms with E-state index in [1.165, 1.54) is 11.1 Å². The zero-order valence-electron chi connectivity index (χ0n) is 17.7. The van der Waals surface area contributed by atoms with E-state index in [-0.39, 0.29) is 6.79 Å². The van der Waals surface area contributed by atoms with Gasteiger partial charge in [-0.2, -0.15) is 0 Å². The Bertz CT molecular complexity index is 1310. The largest absolute Gasteiger partial charge is 0.493 e. The molecule has 6 rings (SSSR count). The first-order chi connectivity index (χ1) is 15.8. The van der Waals surface area contributed by atoms with Crippen molar-refractivity contribution in [1.82, 2.24) is 0 Å². The van der Waals surface area contributed by atoms with Crippen molar-refractivity contribution in [1.29, 1.82) is 0 Å². The van der Waals surface area contributed by atoms with Crippen LogP contribution in [-0.4, -0.2) is 13.9 Å². The standard InChI is InChI=1S/C27H22O5/c1-28-22-9-7-19(12-24(22)30-13-17-5-3-2-4-6-17)25-21-15-29-14-20(21)11-18-8-10-23-27(26(18)25)32-16-31-23/h2-12H,13-16H2,1H3. The van der Waals surface area contributed by atoms with Crippen molar-refractivity contribution in [3.63, 3.8) is 0 Å². The van der Waals surface area contributed by atoms with E-state index in [4.69, 9.17) is 23.7 Å². The van der Waals surface area contributed by atoms with Crippen molar-refractivity contribution in [2.45, 2.75) is 19.8 Å². The number of fused-ring (bicyclic) bond motifs is 4. The molecule has 2 aliphatic rings. The number of benzene rings is 4. The summed E-state index contributed by atoms with van der Waals surface area (Å²) in [7, 11) is 1.66. The van der Waals surface area contributed by atoms with Crippen LogP contribution in [0.1, 0.15) is 16.7 Å². The van der Waals surface area contributed by atoms with Gasteiger partial charge in [-0.3, -0.25) is 0 Å². The molecule has 4 aromatic carbocycles. The molecule has 2 aliphatic heterocycles. The predicted octanol–water partition coefficient (Wildman–Crippen LogP) is 5.85. The van der Waals surface area contributed by atoms with Crippen molar-refractivity contribution in [2.75, 3.05) is 13.9 Å². The molecule has 0 bridgehead atoms. The Morgan fingerprint density at radius 1 is 0.875 bits per heavy atom.